The van der Waals surface area contributed by atoms with E-state index in [4.69, 9.17) is 0 Å². The van der Waals surface area contributed by atoms with Gasteiger partial charge in [-0.3, -0.25) is 4.31 Å². The number of halogens is 3. The Kier molecular flexibility index (Phi) is 5.08. The van der Waals surface area contributed by atoms with Gasteiger partial charge in [0.25, 0.3) is 10.0 Å². The highest BCUT2D eigenvalue weighted by Gasteiger charge is 2.32. The molecule has 0 radical (unpaired) electrons. The van der Waals surface area contributed by atoms with Crippen molar-refractivity contribution in [2.75, 3.05) is 4.31 Å². The van der Waals surface area contributed by atoms with Gasteiger partial charge in [0.15, 0.2) is 0 Å². The number of para-hydroxylation sites is 1. The van der Waals surface area contributed by atoms with Gasteiger partial charge in [0.2, 0.25) is 0 Å². The first-order chi connectivity index (χ1) is 11.1. The van der Waals surface area contributed by atoms with Crippen molar-refractivity contribution in [1.29, 1.82) is 0 Å². The number of hydrogen-bond acceptors (Lipinski definition) is 3. The Hall–Kier alpha value is -2.22. The van der Waals surface area contributed by atoms with Gasteiger partial charge < -0.3 is 4.74 Å². The van der Waals surface area contributed by atoms with Crippen molar-refractivity contribution in [1.82, 2.24) is 0 Å². The second-order valence-corrected chi connectivity index (χ2v) is 7.07. The van der Waals surface area contributed by atoms with Crippen LogP contribution in [0.5, 0.6) is 5.75 Å². The third-order valence-electron chi connectivity index (χ3n) is 3.08. The van der Waals surface area contributed by atoms with Crippen LogP contribution in [0.15, 0.2) is 59.5 Å². The number of ether oxygens (including phenoxy) is 1. The summed E-state index contributed by atoms with van der Waals surface area (Å²) in [5.74, 6) is -0.583. The molecule has 24 heavy (non-hydrogen) atoms. The minimum Gasteiger partial charge on any atom is -0.406 e. The molecule has 2 aromatic carbocycles. The number of sulfonamides is 1. The molecule has 0 aliphatic heterocycles. The fourth-order valence-corrected chi connectivity index (χ4v) is 3.93. The molecule has 0 N–H and O–H groups in total. The Bertz CT molecular complexity index is 790. The topological polar surface area (TPSA) is 46.6 Å². The summed E-state index contributed by atoms with van der Waals surface area (Å²) in [5, 5.41) is 0. The van der Waals surface area contributed by atoms with Crippen LogP contribution in [0.3, 0.4) is 0 Å². The molecule has 130 valence electrons. The molecular weight excluding hydrogens is 343 g/mol. The summed E-state index contributed by atoms with van der Waals surface area (Å²) in [6.07, 6.45) is -4.89. The average Bonchev–Trinajstić information content (AvgIpc) is 2.46. The van der Waals surface area contributed by atoms with E-state index in [1.807, 2.05) is 0 Å². The van der Waals surface area contributed by atoms with Crippen molar-refractivity contribution in [3.63, 3.8) is 0 Å². The molecule has 0 saturated carbocycles. The number of anilines is 1. The average molecular weight is 359 g/mol. The summed E-state index contributed by atoms with van der Waals surface area (Å²) in [6.45, 7) is 3.36. The summed E-state index contributed by atoms with van der Waals surface area (Å²) in [5.41, 5.74) is 0.426. The normalized spacial score (nSPS) is 12.2. The minimum absolute atomic E-state index is 0.276. The minimum atomic E-state index is -4.89. The van der Waals surface area contributed by atoms with Crippen molar-refractivity contribution in [2.45, 2.75) is 31.1 Å². The van der Waals surface area contributed by atoms with Gasteiger partial charge in [0, 0.05) is 12.1 Å². The van der Waals surface area contributed by atoms with E-state index in [0.29, 0.717) is 5.69 Å². The highest BCUT2D eigenvalue weighted by atomic mass is 32.2. The van der Waals surface area contributed by atoms with E-state index in [9.17, 15) is 21.6 Å². The van der Waals surface area contributed by atoms with Gasteiger partial charge in [-0.1, -0.05) is 24.3 Å². The van der Waals surface area contributed by atoms with E-state index in [-0.39, 0.29) is 4.90 Å². The predicted molar refractivity (Wildman–Crippen MR) is 84.4 cm³/mol. The largest absolute Gasteiger partial charge is 0.573 e. The van der Waals surface area contributed by atoms with Crippen LogP contribution in [-0.4, -0.2) is 20.8 Å². The molecule has 0 aliphatic carbocycles. The van der Waals surface area contributed by atoms with Crippen LogP contribution in [0, 0.1) is 0 Å². The summed E-state index contributed by atoms with van der Waals surface area (Å²) in [6, 6.07) is 12.3. The molecule has 0 fully saturated rings. The van der Waals surface area contributed by atoms with Crippen molar-refractivity contribution < 1.29 is 26.3 Å². The van der Waals surface area contributed by atoms with Crippen molar-refractivity contribution >= 4 is 15.7 Å². The van der Waals surface area contributed by atoms with E-state index >= 15 is 0 Å². The first-order valence-corrected chi connectivity index (χ1v) is 8.50. The van der Waals surface area contributed by atoms with Crippen LogP contribution in [0.1, 0.15) is 13.8 Å². The predicted octanol–water partition coefficient (Wildman–Crippen LogP) is 4.19. The molecule has 0 bridgehead atoms. The smallest absolute Gasteiger partial charge is 0.406 e. The molecule has 0 aliphatic rings. The maximum absolute atomic E-state index is 12.9. The monoisotopic (exact) mass is 359 g/mol. The zero-order chi connectivity index (χ0) is 18.0. The maximum Gasteiger partial charge on any atom is 0.573 e. The molecule has 0 amide bonds. The summed E-state index contributed by atoms with van der Waals surface area (Å²) < 4.78 is 67.7. The standard InChI is InChI=1S/C16H16F3NO3S/c1-12(2)20(13-7-4-3-5-8-13)24(21,22)15-10-6-9-14(11-15)23-16(17,18)19/h3-12H,1-2H3. The Morgan fingerprint density at radius 3 is 2.17 bits per heavy atom. The van der Waals surface area contributed by atoms with Crippen LogP contribution in [0.2, 0.25) is 0 Å². The third kappa shape index (κ3) is 4.19. The Morgan fingerprint density at radius 1 is 1.00 bits per heavy atom. The summed E-state index contributed by atoms with van der Waals surface area (Å²) in [7, 11) is -4.05. The van der Waals surface area contributed by atoms with Gasteiger partial charge in [0.1, 0.15) is 5.75 Å². The van der Waals surface area contributed by atoms with Crippen LogP contribution < -0.4 is 9.04 Å². The number of alkyl halides is 3. The number of hydrogen-bond donors (Lipinski definition) is 0. The lowest BCUT2D eigenvalue weighted by Crippen LogP contribution is -2.37. The quantitative estimate of drug-likeness (QED) is 0.804. The highest BCUT2D eigenvalue weighted by molar-refractivity contribution is 7.92. The highest BCUT2D eigenvalue weighted by Crippen LogP contribution is 2.29. The molecule has 4 nitrogen and oxygen atoms in total. The van der Waals surface area contributed by atoms with Crippen LogP contribution >= 0.6 is 0 Å². The zero-order valence-corrected chi connectivity index (χ0v) is 13.8. The zero-order valence-electron chi connectivity index (χ0n) is 13.0. The van der Waals surface area contributed by atoms with Gasteiger partial charge in [-0.05, 0) is 38.1 Å². The van der Waals surface area contributed by atoms with Crippen LogP contribution in [0.4, 0.5) is 18.9 Å². The van der Waals surface area contributed by atoms with Crippen LogP contribution in [-0.2, 0) is 10.0 Å². The van der Waals surface area contributed by atoms with Gasteiger partial charge >= 0.3 is 6.36 Å². The van der Waals surface area contributed by atoms with Gasteiger partial charge in [-0.15, -0.1) is 13.2 Å². The second-order valence-electron chi connectivity index (χ2n) is 5.25. The molecule has 2 rings (SSSR count). The Morgan fingerprint density at radius 2 is 1.62 bits per heavy atom. The van der Waals surface area contributed by atoms with Crippen molar-refractivity contribution in [2.24, 2.45) is 0 Å². The molecular formula is C16H16F3NO3S. The van der Waals surface area contributed by atoms with E-state index in [2.05, 4.69) is 4.74 Å². The van der Waals surface area contributed by atoms with Crippen LogP contribution in [0.25, 0.3) is 0 Å². The van der Waals surface area contributed by atoms with Gasteiger partial charge in [0.05, 0.1) is 10.6 Å². The lowest BCUT2D eigenvalue weighted by Gasteiger charge is -2.28. The number of benzene rings is 2. The molecule has 0 atom stereocenters. The Labute approximate surface area is 138 Å². The molecule has 0 unspecified atom stereocenters. The van der Waals surface area contributed by atoms with Crippen molar-refractivity contribution in [3.05, 3.63) is 54.6 Å². The SMILES string of the molecule is CC(C)N(c1ccccc1)S(=O)(=O)c1cccc(OC(F)(F)F)c1. The summed E-state index contributed by atoms with van der Waals surface area (Å²) in [4.78, 5) is -0.276. The number of nitrogens with zero attached hydrogens (tertiary/aromatic N) is 1. The lowest BCUT2D eigenvalue weighted by molar-refractivity contribution is -0.274. The Balaban J connectivity index is 2.47. The molecule has 0 heterocycles. The molecule has 8 heteroatoms. The van der Waals surface area contributed by atoms with E-state index in [1.165, 1.54) is 12.1 Å². The lowest BCUT2D eigenvalue weighted by atomic mass is 10.3. The van der Waals surface area contributed by atoms with Crippen molar-refractivity contribution in [3.8, 4) is 5.75 Å². The number of rotatable bonds is 5. The molecule has 0 saturated heterocycles. The van der Waals surface area contributed by atoms with E-state index in [1.54, 1.807) is 44.2 Å². The molecule has 0 spiro atoms. The second kappa shape index (κ2) is 6.72. The van der Waals surface area contributed by atoms with E-state index < -0.39 is 28.2 Å². The fraction of sp³-hybridized carbons (Fsp3) is 0.250. The van der Waals surface area contributed by atoms with E-state index in [0.717, 1.165) is 16.4 Å². The van der Waals surface area contributed by atoms with Gasteiger partial charge in [-0.2, -0.15) is 0 Å². The first kappa shape index (κ1) is 18.1. The molecule has 0 aromatic heterocycles. The molecule has 2 aromatic rings. The maximum atomic E-state index is 12.9. The summed E-state index contributed by atoms with van der Waals surface area (Å²) >= 11 is 0. The van der Waals surface area contributed by atoms with Gasteiger partial charge in [-0.25, -0.2) is 8.42 Å². The fourth-order valence-electron chi connectivity index (χ4n) is 2.23. The third-order valence-corrected chi connectivity index (χ3v) is 5.08. The first-order valence-electron chi connectivity index (χ1n) is 7.06.